The summed E-state index contributed by atoms with van der Waals surface area (Å²) in [4.78, 5) is 11.3. The van der Waals surface area contributed by atoms with Crippen molar-refractivity contribution in [3.05, 3.63) is 0 Å². The van der Waals surface area contributed by atoms with E-state index < -0.39 is 18.8 Å². The lowest BCUT2D eigenvalue weighted by molar-refractivity contribution is -0.122. The summed E-state index contributed by atoms with van der Waals surface area (Å²) in [5, 5.41) is 7.77. The van der Waals surface area contributed by atoms with Gasteiger partial charge in [0.1, 0.15) is 6.54 Å². The number of rotatable bonds is 2. The third kappa shape index (κ3) is 3.76. The maximum atomic E-state index is 11.9. The van der Waals surface area contributed by atoms with Crippen LogP contribution in [0, 0.1) is 11.8 Å². The first kappa shape index (κ1) is 13.5. The van der Waals surface area contributed by atoms with Crippen molar-refractivity contribution in [3.8, 4) is 0 Å². The molecule has 0 aromatic carbocycles. The molecule has 7 heteroatoms. The fourth-order valence-electron chi connectivity index (χ4n) is 2.85. The van der Waals surface area contributed by atoms with Gasteiger partial charge in [0.05, 0.1) is 0 Å². The van der Waals surface area contributed by atoms with E-state index in [4.69, 9.17) is 0 Å². The minimum absolute atomic E-state index is 0.000571. The molecular weight excluding hydrogens is 247 g/mol. The molecule has 0 radical (unpaired) electrons. The molecule has 2 amide bonds. The number of halogens is 3. The van der Waals surface area contributed by atoms with Crippen molar-refractivity contribution in [1.29, 1.82) is 0 Å². The summed E-state index contributed by atoms with van der Waals surface area (Å²) in [7, 11) is 0. The molecule has 1 aliphatic carbocycles. The molecule has 1 unspecified atom stereocenters. The van der Waals surface area contributed by atoms with Crippen LogP contribution in [0.15, 0.2) is 0 Å². The Labute approximate surface area is 104 Å². The topological polar surface area (TPSA) is 53.2 Å². The maximum Gasteiger partial charge on any atom is 0.405 e. The minimum Gasteiger partial charge on any atom is -0.335 e. The highest BCUT2D eigenvalue weighted by atomic mass is 19.4. The lowest BCUT2D eigenvalue weighted by atomic mass is 9.79. The van der Waals surface area contributed by atoms with Crippen LogP contribution in [0.1, 0.15) is 19.3 Å². The third-order valence-corrected chi connectivity index (χ3v) is 3.74. The summed E-state index contributed by atoms with van der Waals surface area (Å²) in [5.74, 6) is 1.22. The molecule has 0 spiro atoms. The zero-order valence-corrected chi connectivity index (χ0v) is 10.0. The van der Waals surface area contributed by atoms with Crippen molar-refractivity contribution in [2.45, 2.75) is 31.5 Å². The Morgan fingerprint density at radius 1 is 1.22 bits per heavy atom. The molecule has 1 saturated carbocycles. The van der Waals surface area contributed by atoms with Gasteiger partial charge in [-0.2, -0.15) is 13.2 Å². The standard InChI is InChI=1S/C11H18F3N3O/c12-11(13,14)6-16-10(18)17-9-2-1-7-4-15-5-8(7)3-9/h7-9,15H,1-6H2,(H2,16,17,18)/t7-,8+,9?/m0/s1. The summed E-state index contributed by atoms with van der Waals surface area (Å²) < 4.78 is 35.8. The number of hydrogen-bond acceptors (Lipinski definition) is 2. The molecule has 2 fully saturated rings. The van der Waals surface area contributed by atoms with Crippen LogP contribution in [-0.2, 0) is 0 Å². The highest BCUT2D eigenvalue weighted by Gasteiger charge is 2.34. The van der Waals surface area contributed by atoms with Crippen LogP contribution in [-0.4, -0.2) is 37.9 Å². The van der Waals surface area contributed by atoms with Gasteiger partial charge in [-0.05, 0) is 44.2 Å². The Hall–Kier alpha value is -0.980. The average molecular weight is 265 g/mol. The lowest BCUT2D eigenvalue weighted by Gasteiger charge is -2.31. The molecule has 1 aliphatic heterocycles. The normalized spacial score (nSPS) is 31.8. The van der Waals surface area contributed by atoms with E-state index in [1.807, 2.05) is 5.32 Å². The van der Waals surface area contributed by atoms with Gasteiger partial charge >= 0.3 is 12.2 Å². The van der Waals surface area contributed by atoms with Crippen molar-refractivity contribution >= 4 is 6.03 Å². The Balaban J connectivity index is 1.71. The molecule has 0 bridgehead atoms. The van der Waals surface area contributed by atoms with Gasteiger partial charge < -0.3 is 16.0 Å². The molecule has 3 N–H and O–H groups in total. The van der Waals surface area contributed by atoms with Gasteiger partial charge in [-0.3, -0.25) is 0 Å². The monoisotopic (exact) mass is 265 g/mol. The number of carbonyl (C=O) groups is 1. The van der Waals surface area contributed by atoms with Gasteiger partial charge in [0.2, 0.25) is 0 Å². The van der Waals surface area contributed by atoms with Gasteiger partial charge in [0, 0.05) is 6.04 Å². The first-order valence-electron chi connectivity index (χ1n) is 6.26. The van der Waals surface area contributed by atoms with E-state index in [1.165, 1.54) is 0 Å². The fraction of sp³-hybridized carbons (Fsp3) is 0.909. The van der Waals surface area contributed by atoms with Crippen LogP contribution in [0.4, 0.5) is 18.0 Å². The first-order chi connectivity index (χ1) is 8.44. The van der Waals surface area contributed by atoms with Gasteiger partial charge in [0.15, 0.2) is 0 Å². The second-order valence-electron chi connectivity index (χ2n) is 5.13. The van der Waals surface area contributed by atoms with E-state index in [1.54, 1.807) is 0 Å². The number of fused-ring (bicyclic) bond motifs is 1. The summed E-state index contributed by atoms with van der Waals surface area (Å²) >= 11 is 0. The molecule has 0 aromatic heterocycles. The van der Waals surface area contributed by atoms with Gasteiger partial charge in [-0.15, -0.1) is 0 Å². The van der Waals surface area contributed by atoms with Crippen molar-refractivity contribution < 1.29 is 18.0 Å². The molecule has 1 heterocycles. The first-order valence-corrected chi connectivity index (χ1v) is 6.26. The van der Waals surface area contributed by atoms with E-state index in [2.05, 4.69) is 10.6 Å². The number of alkyl halides is 3. The largest absolute Gasteiger partial charge is 0.405 e. The Morgan fingerprint density at radius 3 is 2.67 bits per heavy atom. The second-order valence-corrected chi connectivity index (χ2v) is 5.13. The van der Waals surface area contributed by atoms with Crippen LogP contribution in [0.3, 0.4) is 0 Å². The SMILES string of the molecule is O=C(NCC(F)(F)F)NC1CC[C@H]2CNC[C@H]2C1. The smallest absolute Gasteiger partial charge is 0.335 e. The van der Waals surface area contributed by atoms with Crippen LogP contribution < -0.4 is 16.0 Å². The molecule has 3 atom stereocenters. The Morgan fingerprint density at radius 2 is 1.94 bits per heavy atom. The highest BCUT2D eigenvalue weighted by molar-refractivity contribution is 5.74. The lowest BCUT2D eigenvalue weighted by Crippen LogP contribution is -2.47. The molecule has 1 saturated heterocycles. The van der Waals surface area contributed by atoms with Crippen LogP contribution in [0.25, 0.3) is 0 Å². The van der Waals surface area contributed by atoms with Crippen LogP contribution in [0.2, 0.25) is 0 Å². The molecule has 2 rings (SSSR count). The summed E-state index contributed by atoms with van der Waals surface area (Å²) in [6, 6.07) is -0.721. The minimum atomic E-state index is -4.36. The number of urea groups is 1. The zero-order chi connectivity index (χ0) is 13.2. The molecule has 18 heavy (non-hydrogen) atoms. The summed E-state index contributed by atoms with van der Waals surface area (Å²) in [6.07, 6.45) is -1.62. The number of nitrogens with one attached hydrogen (secondary N) is 3. The average Bonchev–Trinajstić information content (AvgIpc) is 2.72. The van der Waals surface area contributed by atoms with Gasteiger partial charge in [-0.1, -0.05) is 0 Å². The molecule has 2 aliphatic rings. The molecule has 104 valence electrons. The van der Waals surface area contributed by atoms with E-state index in [0.717, 1.165) is 32.4 Å². The van der Waals surface area contributed by atoms with Crippen molar-refractivity contribution in [1.82, 2.24) is 16.0 Å². The predicted octanol–water partition coefficient (Wildman–Crippen LogP) is 1.24. The molecule has 4 nitrogen and oxygen atoms in total. The predicted molar refractivity (Wildman–Crippen MR) is 60.1 cm³/mol. The molecular formula is C11H18F3N3O. The van der Waals surface area contributed by atoms with Crippen LogP contribution >= 0.6 is 0 Å². The van der Waals surface area contributed by atoms with Gasteiger partial charge in [0.25, 0.3) is 0 Å². The highest BCUT2D eigenvalue weighted by Crippen LogP contribution is 2.32. The van der Waals surface area contributed by atoms with Crippen molar-refractivity contribution in [2.75, 3.05) is 19.6 Å². The quantitative estimate of drug-likeness (QED) is 0.703. The zero-order valence-electron chi connectivity index (χ0n) is 10.0. The van der Waals surface area contributed by atoms with Gasteiger partial charge in [-0.25, -0.2) is 4.79 Å². The van der Waals surface area contributed by atoms with Crippen molar-refractivity contribution in [3.63, 3.8) is 0 Å². The van der Waals surface area contributed by atoms with E-state index in [0.29, 0.717) is 11.8 Å². The van der Waals surface area contributed by atoms with Crippen LogP contribution in [0.5, 0.6) is 0 Å². The number of carbonyl (C=O) groups excluding carboxylic acids is 1. The summed E-state index contributed by atoms with van der Waals surface area (Å²) in [6.45, 7) is 0.698. The fourth-order valence-corrected chi connectivity index (χ4v) is 2.85. The Kier molecular flexibility index (Phi) is 3.99. The van der Waals surface area contributed by atoms with Crippen molar-refractivity contribution in [2.24, 2.45) is 11.8 Å². The third-order valence-electron chi connectivity index (χ3n) is 3.74. The summed E-state index contributed by atoms with van der Waals surface area (Å²) in [5.41, 5.74) is 0. The Bertz CT molecular complexity index is 308. The second kappa shape index (κ2) is 5.34. The van der Waals surface area contributed by atoms with E-state index in [9.17, 15) is 18.0 Å². The molecule has 0 aromatic rings. The maximum absolute atomic E-state index is 11.9. The van der Waals surface area contributed by atoms with E-state index >= 15 is 0 Å². The number of hydrogen-bond donors (Lipinski definition) is 3. The van der Waals surface area contributed by atoms with E-state index in [-0.39, 0.29) is 6.04 Å². The number of amides is 2.